The number of carbonyl (C=O) groups is 1. The number of rotatable bonds is 12. The summed E-state index contributed by atoms with van der Waals surface area (Å²) in [7, 11) is 1.60. The van der Waals surface area contributed by atoms with Gasteiger partial charge in [0.1, 0.15) is 17.5 Å². The number of nitrogens with one attached hydrogen (secondary N) is 1. The summed E-state index contributed by atoms with van der Waals surface area (Å²) in [5.41, 5.74) is 4.11. The lowest BCUT2D eigenvalue weighted by molar-refractivity contribution is -0.147. The summed E-state index contributed by atoms with van der Waals surface area (Å²) in [6.45, 7) is 1.13. The zero-order valence-corrected chi connectivity index (χ0v) is 22.6. The van der Waals surface area contributed by atoms with Crippen LogP contribution in [-0.4, -0.2) is 79.4 Å². The molecule has 2 aliphatic rings. The van der Waals surface area contributed by atoms with Gasteiger partial charge in [-0.05, 0) is 37.7 Å². The Morgan fingerprint density at radius 2 is 2.11 bits per heavy atom. The molecular weight excluding hydrogens is 501 g/mol. The normalized spacial score (nSPS) is 22.3. The van der Waals surface area contributed by atoms with Crippen LogP contribution in [0.15, 0.2) is 18.2 Å². The first-order valence-electron chi connectivity index (χ1n) is 13.5. The van der Waals surface area contributed by atoms with Gasteiger partial charge in [-0.1, -0.05) is 55.8 Å². The van der Waals surface area contributed by atoms with Crippen LogP contribution in [0.5, 0.6) is 0 Å². The molecule has 0 radical (unpaired) electrons. The van der Waals surface area contributed by atoms with Gasteiger partial charge in [0, 0.05) is 32.4 Å². The van der Waals surface area contributed by atoms with E-state index >= 15 is 4.39 Å². The summed E-state index contributed by atoms with van der Waals surface area (Å²) in [5.74, 6) is -0.247. The Labute approximate surface area is 224 Å². The molecule has 1 aliphatic heterocycles. The molecule has 1 saturated carbocycles. The highest BCUT2D eigenvalue weighted by molar-refractivity contribution is 6.30. The molecule has 0 spiro atoms. The van der Waals surface area contributed by atoms with Crippen molar-refractivity contribution in [3.8, 4) is 0 Å². The molecule has 1 aromatic carbocycles. The minimum absolute atomic E-state index is 0.0541. The molecule has 4 atom stereocenters. The number of nitrogens with two attached hydrogens (primary N) is 1. The summed E-state index contributed by atoms with van der Waals surface area (Å²) in [6.07, 6.45) is 6.15. The van der Waals surface area contributed by atoms with Crippen LogP contribution in [0.3, 0.4) is 0 Å². The van der Waals surface area contributed by atoms with Gasteiger partial charge in [-0.2, -0.15) is 0 Å². The summed E-state index contributed by atoms with van der Waals surface area (Å²) < 4.78 is 26.2. The fourth-order valence-corrected chi connectivity index (χ4v) is 5.75. The molecular formula is C27H43ClFN3O5. The number of carbonyl (C=O) groups excluding carboxylic acids is 1. The lowest BCUT2D eigenvalue weighted by atomic mass is 9.82. The van der Waals surface area contributed by atoms with Crippen LogP contribution in [0, 0.1) is 11.7 Å². The molecule has 10 heteroatoms. The fraction of sp³-hybridized carbons (Fsp3) is 0.741. The molecule has 0 unspecified atom stereocenters. The Morgan fingerprint density at radius 3 is 2.81 bits per heavy atom. The summed E-state index contributed by atoms with van der Waals surface area (Å²) in [6, 6.07) is 3.73. The number of unbranched alkanes of at least 4 members (excludes halogenated alkanes) is 1. The van der Waals surface area contributed by atoms with Crippen molar-refractivity contribution < 1.29 is 28.9 Å². The predicted octanol–water partition coefficient (Wildman–Crippen LogP) is 3.55. The lowest BCUT2D eigenvalue weighted by Crippen LogP contribution is -2.59. The molecule has 1 aromatic rings. The second-order valence-electron chi connectivity index (χ2n) is 10.4. The molecule has 37 heavy (non-hydrogen) atoms. The average molecular weight is 544 g/mol. The molecule has 0 bridgehead atoms. The number of methoxy groups -OCH3 is 1. The van der Waals surface area contributed by atoms with Crippen LogP contribution in [0.1, 0.15) is 63.4 Å². The maximum absolute atomic E-state index is 15.1. The zero-order valence-electron chi connectivity index (χ0n) is 21.8. The number of urea groups is 1. The van der Waals surface area contributed by atoms with E-state index in [1.807, 2.05) is 0 Å². The zero-order chi connectivity index (χ0) is 26.8. The molecule has 2 amide bonds. The largest absolute Gasteiger partial charge is 0.390 e. The molecule has 1 saturated heterocycles. The number of halogens is 2. The Balaban J connectivity index is 1.74. The van der Waals surface area contributed by atoms with Crippen LogP contribution in [0.4, 0.5) is 9.18 Å². The third-order valence-corrected chi connectivity index (χ3v) is 8.08. The summed E-state index contributed by atoms with van der Waals surface area (Å²) >= 11 is 6.05. The molecule has 1 aliphatic carbocycles. The minimum Gasteiger partial charge on any atom is -0.390 e. The van der Waals surface area contributed by atoms with Crippen molar-refractivity contribution >= 4 is 17.6 Å². The number of aliphatic hydroxyl groups is 2. The number of ether oxygens (including phenoxy) is 2. The van der Waals surface area contributed by atoms with Crippen LogP contribution >= 0.6 is 11.6 Å². The van der Waals surface area contributed by atoms with E-state index in [9.17, 15) is 15.0 Å². The van der Waals surface area contributed by atoms with Crippen LogP contribution in [0.2, 0.25) is 5.02 Å². The standard InChI is InChI=1S/C27H43ClFN3O5/c1-36-14-6-5-12-27(35,20-10-7-11-21(28)25(20)29)24-18-32(13-15-37-24)26(34)31-22(23(33)17-30)16-19-8-3-2-4-9-19/h7,10-11,19,22-24,33,35H,2-6,8-9,12-18,30H2,1H3,(H,31,34)/t22-,23+,24+,27-/m0/s1. The van der Waals surface area contributed by atoms with Gasteiger partial charge < -0.3 is 35.6 Å². The highest BCUT2D eigenvalue weighted by Crippen LogP contribution is 2.37. The molecule has 3 rings (SSSR count). The van der Waals surface area contributed by atoms with Gasteiger partial charge in [-0.3, -0.25) is 0 Å². The van der Waals surface area contributed by atoms with Crippen LogP contribution in [0.25, 0.3) is 0 Å². The second kappa shape index (κ2) is 14.6. The van der Waals surface area contributed by atoms with E-state index in [-0.39, 0.29) is 42.7 Å². The number of amides is 2. The molecule has 8 nitrogen and oxygen atoms in total. The van der Waals surface area contributed by atoms with Crippen molar-refractivity contribution in [1.82, 2.24) is 10.2 Å². The number of hydrogen-bond donors (Lipinski definition) is 4. The van der Waals surface area contributed by atoms with Crippen LogP contribution in [-0.2, 0) is 15.1 Å². The smallest absolute Gasteiger partial charge is 0.317 e. The van der Waals surface area contributed by atoms with Gasteiger partial charge in [0.25, 0.3) is 0 Å². The topological polar surface area (TPSA) is 117 Å². The van der Waals surface area contributed by atoms with E-state index in [0.29, 0.717) is 38.3 Å². The van der Waals surface area contributed by atoms with Crippen molar-refractivity contribution in [1.29, 1.82) is 0 Å². The van der Waals surface area contributed by atoms with Gasteiger partial charge in [-0.25, -0.2) is 9.18 Å². The third-order valence-electron chi connectivity index (χ3n) is 7.79. The van der Waals surface area contributed by atoms with E-state index in [1.54, 1.807) is 18.1 Å². The van der Waals surface area contributed by atoms with Crippen molar-refractivity contribution in [3.63, 3.8) is 0 Å². The van der Waals surface area contributed by atoms with Gasteiger partial charge in [0.05, 0.1) is 30.3 Å². The Morgan fingerprint density at radius 1 is 1.35 bits per heavy atom. The average Bonchev–Trinajstić information content (AvgIpc) is 2.92. The molecule has 0 aromatic heterocycles. The highest BCUT2D eigenvalue weighted by Gasteiger charge is 2.44. The number of hydrogen-bond acceptors (Lipinski definition) is 6. The quantitative estimate of drug-likeness (QED) is 0.299. The Bertz CT molecular complexity index is 859. The SMILES string of the molecule is COCCCC[C@](O)(c1cccc(Cl)c1F)[C@H]1CN(C(=O)N[C@@H](CC2CCCCC2)[C@H](O)CN)CCO1. The van der Waals surface area contributed by atoms with E-state index < -0.39 is 29.7 Å². The maximum Gasteiger partial charge on any atom is 0.317 e. The third kappa shape index (κ3) is 8.00. The molecule has 210 valence electrons. The number of benzene rings is 1. The maximum atomic E-state index is 15.1. The second-order valence-corrected chi connectivity index (χ2v) is 10.8. The van der Waals surface area contributed by atoms with E-state index in [4.69, 9.17) is 26.8 Å². The first-order chi connectivity index (χ1) is 17.8. The fourth-order valence-electron chi connectivity index (χ4n) is 5.58. The molecule has 5 N–H and O–H groups in total. The first-order valence-corrected chi connectivity index (χ1v) is 13.9. The lowest BCUT2D eigenvalue weighted by Gasteiger charge is -2.43. The molecule has 1 heterocycles. The Hall–Kier alpha value is -1.49. The molecule has 2 fully saturated rings. The van der Waals surface area contributed by atoms with Crippen molar-refractivity contribution in [2.24, 2.45) is 11.7 Å². The monoisotopic (exact) mass is 543 g/mol. The summed E-state index contributed by atoms with van der Waals surface area (Å²) in [4.78, 5) is 14.9. The van der Waals surface area contributed by atoms with Crippen LogP contribution < -0.4 is 11.1 Å². The van der Waals surface area contributed by atoms with E-state index in [0.717, 1.165) is 25.7 Å². The van der Waals surface area contributed by atoms with Crippen molar-refractivity contribution in [2.75, 3.05) is 40.0 Å². The minimum atomic E-state index is -1.69. The van der Waals surface area contributed by atoms with E-state index in [2.05, 4.69) is 5.32 Å². The van der Waals surface area contributed by atoms with Crippen molar-refractivity contribution in [2.45, 2.75) is 81.6 Å². The number of nitrogens with zero attached hydrogens (tertiary/aromatic N) is 1. The first kappa shape index (κ1) is 30.1. The summed E-state index contributed by atoms with van der Waals surface area (Å²) in [5, 5.41) is 25.3. The van der Waals surface area contributed by atoms with E-state index in [1.165, 1.54) is 18.6 Å². The van der Waals surface area contributed by atoms with Gasteiger partial charge in [0.2, 0.25) is 0 Å². The predicted molar refractivity (Wildman–Crippen MR) is 141 cm³/mol. The van der Waals surface area contributed by atoms with Gasteiger partial charge in [0.15, 0.2) is 0 Å². The number of aliphatic hydroxyl groups excluding tert-OH is 1. The number of morpholine rings is 1. The van der Waals surface area contributed by atoms with Gasteiger partial charge in [-0.15, -0.1) is 0 Å². The highest BCUT2D eigenvalue weighted by atomic mass is 35.5. The van der Waals surface area contributed by atoms with Crippen molar-refractivity contribution in [3.05, 3.63) is 34.6 Å². The Kier molecular flexibility index (Phi) is 11.9. The van der Waals surface area contributed by atoms with Gasteiger partial charge >= 0.3 is 6.03 Å².